The predicted molar refractivity (Wildman–Crippen MR) is 439 cm³/mol. The SMILES string of the molecule is CO[C@@]1(C[C@@H]2C[C@H]([C@@H](CC[C@@H]3C[C@H](CC(=O)O[C@@H](C)[C@H](C)[C@H](O[Si](C)(C)C(C)(C)C)[C@@H](C)/C=C/C=C/C=C/C=C/C=C/C=C/C=O)OC(C)(C)O3)O[Si](C)(C)C(C)(C)C)OC(C)(C)O2)C[C@H](O[Si](C)(C)C(C)(C)C)[C@@H](CO[Si](c2ccccc2)(c2ccccc2)C(C)(C)C)[C@H](CC(=O)CP(=O)(OC)OC)O1. The Morgan fingerprint density at radius 1 is 0.594 bits per heavy atom. The largest absolute Gasteiger partial charge is 0.462 e. The molecule has 13 atom stereocenters. The standard InChI is InChI=1S/C84H139O17PSi4/c1-62(46-40-36-34-32-30-29-31-33-35-37-45-53-85)77(101-105(27,28)80(10,11)12)63(2)64(3)93-76(87)57-67-55-66(94-82(16,17)95-67)51-52-72(99-103(23,24)78(4,5)6)74-56-68(96-83(18,19)97-74)58-84(89-20)59-75(100-104(25,26)79(7,8)9)71(73(98-84)54-65(86)61-102(88,90-21)91-22)60-92-106(81(13,14)15,69-47-41-38-42-48-69)70-49-43-39-44-50-70/h29-50,53,62-64,66-68,71-75,77H,51-52,54-61H2,1-28H3/b31-29+,32-30+,35-33+,36-34+,45-37+,46-40+/t62-,63-,64-,66+,67+,68-,71-,72+,73-,74+,75-,77+,84+/m0/s1. The van der Waals surface area contributed by atoms with Gasteiger partial charge in [-0.2, -0.15) is 0 Å². The van der Waals surface area contributed by atoms with Gasteiger partial charge >= 0.3 is 13.6 Å². The highest BCUT2D eigenvalue weighted by atomic mass is 31.2. The normalized spacial score (nSPS) is 25.0. The van der Waals surface area contributed by atoms with E-state index in [0.29, 0.717) is 25.7 Å². The number of aldehydes is 1. The topological polar surface area (TPSA) is 188 Å². The summed E-state index contributed by atoms with van der Waals surface area (Å²) in [7, 11) is -10.2. The fourth-order valence-electron chi connectivity index (χ4n) is 13.8. The molecule has 3 saturated heterocycles. The summed E-state index contributed by atoms with van der Waals surface area (Å²) in [4.78, 5) is 39.5. The van der Waals surface area contributed by atoms with Gasteiger partial charge in [-0.3, -0.25) is 18.9 Å². The number of methoxy groups -OCH3 is 1. The maximum absolute atomic E-state index is 14.7. The molecular weight excluding hydrogens is 1420 g/mol. The second kappa shape index (κ2) is 38.7. The average molecular weight is 1560 g/mol. The van der Waals surface area contributed by atoms with Gasteiger partial charge in [0.15, 0.2) is 42.3 Å². The minimum Gasteiger partial charge on any atom is -0.462 e. The molecule has 106 heavy (non-hydrogen) atoms. The summed E-state index contributed by atoms with van der Waals surface area (Å²) in [5, 5.41) is 1.44. The van der Waals surface area contributed by atoms with E-state index in [9.17, 15) is 18.9 Å². The molecule has 3 aliphatic rings. The van der Waals surface area contributed by atoms with Crippen LogP contribution in [-0.2, 0) is 78.9 Å². The van der Waals surface area contributed by atoms with Crippen molar-refractivity contribution in [3.05, 3.63) is 134 Å². The molecule has 0 unspecified atom stereocenters. The Morgan fingerprint density at radius 3 is 1.57 bits per heavy atom. The fourth-order valence-corrected chi connectivity index (χ4v) is 23.6. The molecule has 2 aromatic rings. The summed E-state index contributed by atoms with van der Waals surface area (Å²) >= 11 is 0. The van der Waals surface area contributed by atoms with Crippen molar-refractivity contribution in [3.8, 4) is 0 Å². The molecule has 2 aromatic carbocycles. The number of allylic oxidation sites excluding steroid dienone is 11. The number of rotatable bonds is 37. The van der Waals surface area contributed by atoms with E-state index in [0.717, 1.165) is 16.7 Å². The highest BCUT2D eigenvalue weighted by Crippen LogP contribution is 2.51. The Labute approximate surface area is 644 Å². The highest BCUT2D eigenvalue weighted by Gasteiger charge is 2.57. The van der Waals surface area contributed by atoms with Gasteiger partial charge in [-0.15, -0.1) is 0 Å². The van der Waals surface area contributed by atoms with Crippen molar-refractivity contribution in [3.63, 3.8) is 0 Å². The first-order valence-electron chi connectivity index (χ1n) is 38.5. The van der Waals surface area contributed by atoms with Gasteiger partial charge in [0.2, 0.25) is 0 Å². The third-order valence-corrected chi connectivity index (χ3v) is 43.2. The summed E-state index contributed by atoms with van der Waals surface area (Å²) in [6.07, 6.45) is 21.1. The van der Waals surface area contributed by atoms with Crippen LogP contribution in [0.2, 0.25) is 59.4 Å². The van der Waals surface area contributed by atoms with Crippen LogP contribution < -0.4 is 10.4 Å². The van der Waals surface area contributed by atoms with Crippen LogP contribution in [0.4, 0.5) is 0 Å². The van der Waals surface area contributed by atoms with E-state index in [2.05, 4.69) is 191 Å². The number of ether oxygens (including phenoxy) is 7. The summed E-state index contributed by atoms with van der Waals surface area (Å²) in [6.45, 7) is 54.5. The van der Waals surface area contributed by atoms with Crippen molar-refractivity contribution in [1.82, 2.24) is 0 Å². The first kappa shape index (κ1) is 92.9. The molecule has 17 nitrogen and oxygen atoms in total. The van der Waals surface area contributed by atoms with Crippen LogP contribution in [0, 0.1) is 17.8 Å². The van der Waals surface area contributed by atoms with Crippen molar-refractivity contribution < 1.29 is 78.9 Å². The van der Waals surface area contributed by atoms with E-state index in [-0.39, 0.29) is 88.2 Å². The Balaban J connectivity index is 1.46. The molecule has 0 radical (unpaired) electrons. The Kier molecular flexibility index (Phi) is 33.9. The van der Waals surface area contributed by atoms with Gasteiger partial charge in [0.05, 0.1) is 55.3 Å². The van der Waals surface area contributed by atoms with Crippen molar-refractivity contribution in [2.24, 2.45) is 17.8 Å². The van der Waals surface area contributed by atoms with E-state index >= 15 is 0 Å². The van der Waals surface area contributed by atoms with Crippen LogP contribution in [0.3, 0.4) is 0 Å². The zero-order chi connectivity index (χ0) is 79.8. The highest BCUT2D eigenvalue weighted by molar-refractivity contribution is 7.54. The fraction of sp³-hybridized carbons (Fsp3) is 0.679. The van der Waals surface area contributed by atoms with Gasteiger partial charge in [0.1, 0.15) is 24.3 Å². The van der Waals surface area contributed by atoms with Crippen molar-refractivity contribution >= 4 is 69.3 Å². The molecule has 22 heteroatoms. The van der Waals surface area contributed by atoms with Crippen LogP contribution in [0.5, 0.6) is 0 Å². The van der Waals surface area contributed by atoms with E-state index in [4.69, 9.17) is 59.9 Å². The Morgan fingerprint density at radius 2 is 1.08 bits per heavy atom. The van der Waals surface area contributed by atoms with Crippen LogP contribution in [0.15, 0.2) is 134 Å². The molecule has 0 spiro atoms. The number of Topliss-reactive ketones (excluding diaryl/α,β-unsaturated/α-hetero) is 1. The van der Waals surface area contributed by atoms with Crippen LogP contribution in [-0.4, -0.2) is 158 Å². The zero-order valence-corrected chi connectivity index (χ0v) is 75.1. The van der Waals surface area contributed by atoms with Crippen molar-refractivity contribution in [2.45, 2.75) is 315 Å². The van der Waals surface area contributed by atoms with Gasteiger partial charge in [-0.25, -0.2) is 0 Å². The van der Waals surface area contributed by atoms with E-state index in [1.54, 1.807) is 19.3 Å². The number of hydrogen-bond acceptors (Lipinski definition) is 17. The van der Waals surface area contributed by atoms with Crippen LogP contribution >= 0.6 is 7.60 Å². The molecule has 0 aliphatic carbocycles. The average Bonchev–Trinajstić information content (AvgIpc) is 0.742. The third kappa shape index (κ3) is 26.5. The molecule has 3 heterocycles. The van der Waals surface area contributed by atoms with Crippen LogP contribution in [0.25, 0.3) is 0 Å². The minimum absolute atomic E-state index is 0.00335. The number of esters is 1. The van der Waals surface area contributed by atoms with E-state index < -0.39 is 113 Å². The maximum atomic E-state index is 14.7. The van der Waals surface area contributed by atoms with E-state index in [1.807, 2.05) is 95.4 Å². The molecule has 0 N–H and O–H groups in total. The Bertz CT molecular complexity index is 3270. The quantitative estimate of drug-likeness (QED) is 0.0155. The number of hydrogen-bond donors (Lipinski definition) is 0. The van der Waals surface area contributed by atoms with Crippen molar-refractivity contribution in [1.29, 1.82) is 0 Å². The second-order valence-corrected chi connectivity index (χ2v) is 57.0. The predicted octanol–water partition coefficient (Wildman–Crippen LogP) is 19.0. The molecular formula is C84H139O17PSi4. The molecule has 0 bridgehead atoms. The lowest BCUT2D eigenvalue weighted by molar-refractivity contribution is -0.347. The number of benzene rings is 2. The number of carbonyl (C=O) groups excluding carboxylic acids is 3. The first-order chi connectivity index (χ1) is 48.9. The molecule has 0 saturated carbocycles. The van der Waals surface area contributed by atoms with Gasteiger partial charge < -0.3 is 59.9 Å². The minimum atomic E-state index is -3.80. The zero-order valence-electron chi connectivity index (χ0n) is 70.2. The monoisotopic (exact) mass is 1560 g/mol. The van der Waals surface area contributed by atoms with Crippen LogP contribution in [0.1, 0.15) is 183 Å². The molecule has 3 fully saturated rings. The van der Waals surface area contributed by atoms with E-state index in [1.165, 1.54) is 20.3 Å². The molecule has 3 aliphatic heterocycles. The van der Waals surface area contributed by atoms with Crippen molar-refractivity contribution in [2.75, 3.05) is 34.1 Å². The second-order valence-electron chi connectivity index (χ2n) is 36.2. The molecule has 0 amide bonds. The lowest BCUT2D eigenvalue weighted by atomic mass is 9.83. The maximum Gasteiger partial charge on any atom is 0.337 e. The molecule has 598 valence electrons. The third-order valence-electron chi connectivity index (χ3n) is 22.8. The molecule has 0 aromatic heterocycles. The lowest BCUT2D eigenvalue weighted by Gasteiger charge is -2.53. The summed E-state index contributed by atoms with van der Waals surface area (Å²) in [5.41, 5.74) is 0. The summed E-state index contributed by atoms with van der Waals surface area (Å²) in [6, 6.07) is 21.0. The number of carbonyl (C=O) groups is 3. The van der Waals surface area contributed by atoms with Gasteiger partial charge in [0, 0.05) is 71.9 Å². The lowest BCUT2D eigenvalue weighted by Crippen LogP contribution is -2.68. The number of ketones is 1. The smallest absolute Gasteiger partial charge is 0.337 e. The van der Waals surface area contributed by atoms with Gasteiger partial charge in [-0.1, -0.05) is 224 Å². The van der Waals surface area contributed by atoms with Gasteiger partial charge in [0.25, 0.3) is 8.32 Å². The van der Waals surface area contributed by atoms with Gasteiger partial charge in [-0.05, 0) is 129 Å². The summed E-state index contributed by atoms with van der Waals surface area (Å²) < 4.78 is 103. The molecule has 5 rings (SSSR count). The summed E-state index contributed by atoms with van der Waals surface area (Å²) in [5.74, 6) is -4.84. The first-order valence-corrected chi connectivity index (χ1v) is 50.9. The Hall–Kier alpha value is -3.69.